The number of benzene rings is 2. The first-order valence-electron chi connectivity index (χ1n) is 9.75. The van der Waals surface area contributed by atoms with Crippen LogP contribution in [-0.4, -0.2) is 37.4 Å². The molecule has 6 nitrogen and oxygen atoms in total. The predicted octanol–water partition coefficient (Wildman–Crippen LogP) is 2.66. The Bertz CT molecular complexity index is 851. The quantitative estimate of drug-likeness (QED) is 0.491. The van der Waals surface area contributed by atoms with Gasteiger partial charge in [0.05, 0.1) is 19.8 Å². The van der Waals surface area contributed by atoms with Gasteiger partial charge < -0.3 is 25.2 Å². The zero-order valence-electron chi connectivity index (χ0n) is 16.9. The topological polar surface area (TPSA) is 75.1 Å². The SMILES string of the molecule is CN=C(NCc1ccc(F)c(CO)c1)NCc1ccc(C)cc1OC1CCOC1. The summed E-state index contributed by atoms with van der Waals surface area (Å²) in [5.74, 6) is 1.07. The standard InChI is InChI=1S/C22H28FN3O3/c1-15-3-5-17(21(9-15)29-19-7-8-28-14-19)12-26-22(24-2)25-11-16-4-6-20(23)18(10-16)13-27/h3-6,9-10,19,27H,7-8,11-14H2,1-2H3,(H2,24,25,26). The number of aliphatic imine (C=N–C) groups is 1. The Hall–Kier alpha value is -2.64. The van der Waals surface area contributed by atoms with Crippen molar-refractivity contribution < 1.29 is 19.0 Å². The average Bonchev–Trinajstić information content (AvgIpc) is 3.23. The van der Waals surface area contributed by atoms with E-state index in [1.807, 2.05) is 19.1 Å². The van der Waals surface area contributed by atoms with E-state index in [2.05, 4.69) is 21.7 Å². The number of hydrogen-bond donors (Lipinski definition) is 3. The summed E-state index contributed by atoms with van der Waals surface area (Å²) in [5, 5.41) is 15.7. The van der Waals surface area contributed by atoms with E-state index in [0.29, 0.717) is 25.7 Å². The van der Waals surface area contributed by atoms with Crippen LogP contribution in [0.5, 0.6) is 5.75 Å². The van der Waals surface area contributed by atoms with Crippen molar-refractivity contribution in [2.75, 3.05) is 20.3 Å². The number of halogens is 1. The first kappa shape index (κ1) is 21.1. The number of hydrogen-bond acceptors (Lipinski definition) is 4. The largest absolute Gasteiger partial charge is 0.488 e. The minimum Gasteiger partial charge on any atom is -0.488 e. The molecule has 0 aliphatic carbocycles. The summed E-state index contributed by atoms with van der Waals surface area (Å²) < 4.78 is 25.1. The molecule has 1 fully saturated rings. The number of nitrogens with zero attached hydrogens (tertiary/aromatic N) is 1. The summed E-state index contributed by atoms with van der Waals surface area (Å²) in [6, 6.07) is 10.8. The van der Waals surface area contributed by atoms with Gasteiger partial charge in [0.25, 0.3) is 0 Å². The summed E-state index contributed by atoms with van der Waals surface area (Å²) in [7, 11) is 1.70. The minimum atomic E-state index is -0.404. The zero-order chi connectivity index (χ0) is 20.6. The smallest absolute Gasteiger partial charge is 0.191 e. The zero-order valence-corrected chi connectivity index (χ0v) is 16.9. The van der Waals surface area contributed by atoms with Crippen molar-refractivity contribution in [2.45, 2.75) is 39.1 Å². The third-order valence-electron chi connectivity index (χ3n) is 4.81. The fraction of sp³-hybridized carbons (Fsp3) is 0.409. The second-order valence-corrected chi connectivity index (χ2v) is 7.08. The third kappa shape index (κ3) is 5.92. The van der Waals surface area contributed by atoms with Gasteiger partial charge in [0.2, 0.25) is 0 Å². The van der Waals surface area contributed by atoms with Crippen LogP contribution in [0.3, 0.4) is 0 Å². The van der Waals surface area contributed by atoms with Crippen LogP contribution in [0.2, 0.25) is 0 Å². The number of nitrogens with one attached hydrogen (secondary N) is 2. The Kier molecular flexibility index (Phi) is 7.43. The lowest BCUT2D eigenvalue weighted by molar-refractivity contribution is 0.140. The molecule has 3 N–H and O–H groups in total. The van der Waals surface area contributed by atoms with E-state index in [-0.39, 0.29) is 18.3 Å². The third-order valence-corrected chi connectivity index (χ3v) is 4.81. The second kappa shape index (κ2) is 10.2. The summed E-state index contributed by atoms with van der Waals surface area (Å²) in [5.41, 5.74) is 3.32. The number of aliphatic hydroxyl groups is 1. The molecule has 1 atom stereocenters. The highest BCUT2D eigenvalue weighted by Gasteiger charge is 2.18. The summed E-state index contributed by atoms with van der Waals surface area (Å²) in [4.78, 5) is 4.24. The molecule has 1 saturated heterocycles. The van der Waals surface area contributed by atoms with E-state index in [9.17, 15) is 9.50 Å². The minimum absolute atomic E-state index is 0.0900. The van der Waals surface area contributed by atoms with Crippen molar-refractivity contribution in [2.24, 2.45) is 4.99 Å². The van der Waals surface area contributed by atoms with Crippen LogP contribution in [0, 0.1) is 12.7 Å². The average molecular weight is 401 g/mol. The van der Waals surface area contributed by atoms with E-state index in [1.54, 1.807) is 19.2 Å². The summed E-state index contributed by atoms with van der Waals surface area (Å²) in [6.45, 7) is 4.09. The van der Waals surface area contributed by atoms with E-state index in [4.69, 9.17) is 9.47 Å². The molecule has 1 aliphatic heterocycles. The molecule has 0 spiro atoms. The van der Waals surface area contributed by atoms with Gasteiger partial charge in [-0.05, 0) is 36.2 Å². The van der Waals surface area contributed by atoms with Gasteiger partial charge in [-0.1, -0.05) is 18.2 Å². The van der Waals surface area contributed by atoms with Crippen LogP contribution < -0.4 is 15.4 Å². The van der Waals surface area contributed by atoms with Crippen molar-refractivity contribution in [3.8, 4) is 5.75 Å². The molecule has 2 aromatic carbocycles. The van der Waals surface area contributed by atoms with E-state index >= 15 is 0 Å². The molecule has 7 heteroatoms. The van der Waals surface area contributed by atoms with Gasteiger partial charge in [-0.2, -0.15) is 0 Å². The number of rotatable bonds is 7. The number of aliphatic hydroxyl groups excluding tert-OH is 1. The molecular weight excluding hydrogens is 373 g/mol. The highest BCUT2D eigenvalue weighted by atomic mass is 19.1. The van der Waals surface area contributed by atoms with E-state index in [1.165, 1.54) is 6.07 Å². The Morgan fingerprint density at radius 2 is 2.03 bits per heavy atom. The molecule has 1 aliphatic rings. The van der Waals surface area contributed by atoms with Crippen LogP contribution >= 0.6 is 0 Å². The summed E-state index contributed by atoms with van der Waals surface area (Å²) in [6.07, 6.45) is 0.990. The van der Waals surface area contributed by atoms with Crippen LogP contribution in [0.25, 0.3) is 0 Å². The van der Waals surface area contributed by atoms with Gasteiger partial charge in [0.1, 0.15) is 17.7 Å². The van der Waals surface area contributed by atoms with Gasteiger partial charge in [0, 0.05) is 37.7 Å². The van der Waals surface area contributed by atoms with Gasteiger partial charge >= 0.3 is 0 Å². The van der Waals surface area contributed by atoms with E-state index in [0.717, 1.165) is 35.5 Å². The van der Waals surface area contributed by atoms with Crippen molar-refractivity contribution in [3.05, 3.63) is 64.5 Å². The highest BCUT2D eigenvalue weighted by molar-refractivity contribution is 5.79. The van der Waals surface area contributed by atoms with Crippen molar-refractivity contribution in [3.63, 3.8) is 0 Å². The molecule has 0 radical (unpaired) electrons. The molecule has 1 unspecified atom stereocenters. The molecule has 0 aromatic heterocycles. The van der Waals surface area contributed by atoms with Gasteiger partial charge in [-0.3, -0.25) is 4.99 Å². The fourth-order valence-corrected chi connectivity index (χ4v) is 3.15. The Labute approximate surface area is 170 Å². The van der Waals surface area contributed by atoms with Gasteiger partial charge in [-0.25, -0.2) is 4.39 Å². The maximum atomic E-state index is 13.5. The van der Waals surface area contributed by atoms with Crippen LogP contribution in [0.15, 0.2) is 41.4 Å². The molecule has 2 aromatic rings. The number of aryl methyl sites for hydroxylation is 1. The number of ether oxygens (including phenoxy) is 2. The Morgan fingerprint density at radius 1 is 1.21 bits per heavy atom. The van der Waals surface area contributed by atoms with Crippen LogP contribution in [0.1, 0.15) is 28.7 Å². The van der Waals surface area contributed by atoms with Crippen LogP contribution in [-0.2, 0) is 24.4 Å². The highest BCUT2D eigenvalue weighted by Crippen LogP contribution is 2.23. The Balaban J connectivity index is 1.59. The lowest BCUT2D eigenvalue weighted by Crippen LogP contribution is -2.36. The molecule has 29 heavy (non-hydrogen) atoms. The molecule has 0 bridgehead atoms. The maximum Gasteiger partial charge on any atom is 0.191 e. The van der Waals surface area contributed by atoms with Gasteiger partial charge in [0.15, 0.2) is 5.96 Å². The lowest BCUT2D eigenvalue weighted by atomic mass is 10.1. The first-order valence-corrected chi connectivity index (χ1v) is 9.75. The molecule has 0 amide bonds. The number of guanidine groups is 1. The molecule has 0 saturated carbocycles. The van der Waals surface area contributed by atoms with Crippen molar-refractivity contribution >= 4 is 5.96 Å². The predicted molar refractivity (Wildman–Crippen MR) is 110 cm³/mol. The first-order chi connectivity index (χ1) is 14.1. The normalized spacial score (nSPS) is 16.7. The van der Waals surface area contributed by atoms with E-state index < -0.39 is 5.82 Å². The van der Waals surface area contributed by atoms with Gasteiger partial charge in [-0.15, -0.1) is 0 Å². The lowest BCUT2D eigenvalue weighted by Gasteiger charge is -2.18. The molecule has 1 heterocycles. The second-order valence-electron chi connectivity index (χ2n) is 7.08. The van der Waals surface area contributed by atoms with Crippen molar-refractivity contribution in [1.29, 1.82) is 0 Å². The van der Waals surface area contributed by atoms with Crippen LogP contribution in [0.4, 0.5) is 4.39 Å². The molecule has 156 valence electrons. The fourth-order valence-electron chi connectivity index (χ4n) is 3.15. The van der Waals surface area contributed by atoms with Crippen molar-refractivity contribution in [1.82, 2.24) is 10.6 Å². The molecule has 3 rings (SSSR count). The Morgan fingerprint density at radius 3 is 2.76 bits per heavy atom. The summed E-state index contributed by atoms with van der Waals surface area (Å²) >= 11 is 0. The maximum absolute atomic E-state index is 13.5. The monoisotopic (exact) mass is 401 g/mol. The molecular formula is C22H28FN3O3.